The molecule has 0 N–H and O–H groups in total. The van der Waals surface area contributed by atoms with E-state index in [9.17, 15) is 0 Å². The van der Waals surface area contributed by atoms with Crippen molar-refractivity contribution < 1.29 is 9.47 Å². The van der Waals surface area contributed by atoms with E-state index in [1.165, 1.54) is 193 Å². The molecular weight excluding hydrogens is 536 g/mol. The molecule has 0 amide bonds. The van der Waals surface area contributed by atoms with Crippen molar-refractivity contribution in [1.29, 1.82) is 0 Å². The zero-order valence-electron chi connectivity index (χ0n) is 30.1. The van der Waals surface area contributed by atoms with Crippen LogP contribution in [0.1, 0.15) is 219 Å². The van der Waals surface area contributed by atoms with E-state index < -0.39 is 0 Å². The number of rotatable bonds is 36. The van der Waals surface area contributed by atoms with Crippen LogP contribution < -0.4 is 9.47 Å². The molecule has 44 heavy (non-hydrogen) atoms. The van der Waals surface area contributed by atoms with Crippen molar-refractivity contribution in [3.05, 3.63) is 24.3 Å². The van der Waals surface area contributed by atoms with Gasteiger partial charge in [0, 0.05) is 6.07 Å². The van der Waals surface area contributed by atoms with Gasteiger partial charge in [-0.3, -0.25) is 0 Å². The Morgan fingerprint density at radius 3 is 0.818 bits per heavy atom. The largest absolute Gasteiger partial charge is 0.493 e. The first-order valence-electron chi connectivity index (χ1n) is 20.1. The van der Waals surface area contributed by atoms with E-state index >= 15 is 0 Å². The van der Waals surface area contributed by atoms with E-state index in [0.717, 1.165) is 37.6 Å². The van der Waals surface area contributed by atoms with Gasteiger partial charge < -0.3 is 9.47 Å². The number of hydrogen-bond acceptors (Lipinski definition) is 2. The second kappa shape index (κ2) is 34.7. The lowest BCUT2D eigenvalue weighted by molar-refractivity contribution is 0.289. The van der Waals surface area contributed by atoms with Crippen LogP contribution in [-0.4, -0.2) is 13.2 Å². The molecule has 0 atom stereocenters. The molecule has 257 valence electrons. The SMILES string of the molecule is CCCCCCCCCCCCCCCCCCOc1c[c]cc(OCCCCCCCCCCCCCCCCCC)c1. The third-order valence-corrected chi connectivity index (χ3v) is 9.27. The molecule has 0 bridgehead atoms. The van der Waals surface area contributed by atoms with Crippen molar-refractivity contribution in [2.24, 2.45) is 0 Å². The molecule has 0 unspecified atom stereocenters. The molecule has 0 aromatic heterocycles. The summed E-state index contributed by atoms with van der Waals surface area (Å²) in [5.74, 6) is 1.80. The van der Waals surface area contributed by atoms with Crippen LogP contribution in [0.15, 0.2) is 18.2 Å². The predicted octanol–water partition coefficient (Wildman–Crippen LogP) is 14.8. The number of hydrogen-bond donors (Lipinski definition) is 0. The van der Waals surface area contributed by atoms with Crippen molar-refractivity contribution in [3.63, 3.8) is 0 Å². The fraction of sp³-hybridized carbons (Fsp3) is 0.857. The Kier molecular flexibility index (Phi) is 32.2. The highest BCUT2D eigenvalue weighted by molar-refractivity contribution is 5.32. The van der Waals surface area contributed by atoms with Crippen molar-refractivity contribution in [3.8, 4) is 11.5 Å². The Morgan fingerprint density at radius 2 is 0.568 bits per heavy atom. The van der Waals surface area contributed by atoms with Gasteiger partial charge in [0.15, 0.2) is 0 Å². The minimum atomic E-state index is 0.800. The molecule has 1 aromatic rings. The Balaban J connectivity index is 1.83. The Bertz CT molecular complexity index is 618. The van der Waals surface area contributed by atoms with Gasteiger partial charge in [0.05, 0.1) is 13.2 Å². The van der Waals surface area contributed by atoms with Crippen LogP contribution in [0.5, 0.6) is 11.5 Å². The van der Waals surface area contributed by atoms with Gasteiger partial charge in [-0.2, -0.15) is 0 Å². The number of benzene rings is 1. The summed E-state index contributed by atoms with van der Waals surface area (Å²) in [6.45, 7) is 6.20. The number of ether oxygens (including phenoxy) is 2. The standard InChI is InChI=1S/C42H77O2/c1-3-5-7-9-11-13-15-17-19-21-23-25-27-29-31-33-38-43-41-36-35-37-42(40-41)44-39-34-32-30-28-26-24-22-20-18-16-14-12-10-8-6-4-2/h36-37,40H,3-34,38-39H2,1-2H3. The van der Waals surface area contributed by atoms with Gasteiger partial charge in [-0.25, -0.2) is 0 Å². The minimum absolute atomic E-state index is 0.800. The van der Waals surface area contributed by atoms with Crippen LogP contribution in [0, 0.1) is 6.07 Å². The van der Waals surface area contributed by atoms with E-state index in [2.05, 4.69) is 19.9 Å². The quantitative estimate of drug-likeness (QED) is 0.0701. The first-order valence-corrected chi connectivity index (χ1v) is 20.1. The molecule has 0 aliphatic heterocycles. The second-order valence-electron chi connectivity index (χ2n) is 13.7. The molecule has 1 aromatic carbocycles. The highest BCUT2D eigenvalue weighted by Gasteiger charge is 2.00. The van der Waals surface area contributed by atoms with E-state index in [4.69, 9.17) is 9.47 Å². The van der Waals surface area contributed by atoms with Crippen LogP contribution in [0.25, 0.3) is 0 Å². The minimum Gasteiger partial charge on any atom is -0.493 e. The normalized spacial score (nSPS) is 11.3. The molecule has 1 radical (unpaired) electrons. The van der Waals surface area contributed by atoms with Crippen molar-refractivity contribution in [2.45, 2.75) is 219 Å². The van der Waals surface area contributed by atoms with Crippen LogP contribution >= 0.6 is 0 Å². The summed E-state index contributed by atoms with van der Waals surface area (Å²) in [4.78, 5) is 0. The summed E-state index contributed by atoms with van der Waals surface area (Å²) < 4.78 is 12.0. The first-order chi connectivity index (χ1) is 21.9. The fourth-order valence-corrected chi connectivity index (χ4v) is 6.28. The van der Waals surface area contributed by atoms with Crippen LogP contribution in [0.2, 0.25) is 0 Å². The Morgan fingerprint density at radius 1 is 0.341 bits per heavy atom. The lowest BCUT2D eigenvalue weighted by Crippen LogP contribution is -2.00. The summed E-state index contributed by atoms with van der Waals surface area (Å²) in [6.07, 6.45) is 44.7. The van der Waals surface area contributed by atoms with Crippen LogP contribution in [-0.2, 0) is 0 Å². The molecular formula is C42H77O2. The average Bonchev–Trinajstić information content (AvgIpc) is 3.04. The van der Waals surface area contributed by atoms with Gasteiger partial charge in [-0.1, -0.05) is 206 Å². The Hall–Kier alpha value is -1.18. The first kappa shape index (κ1) is 40.8. The summed E-state index contributed by atoms with van der Waals surface area (Å²) in [5.41, 5.74) is 0. The molecule has 0 fully saturated rings. The summed E-state index contributed by atoms with van der Waals surface area (Å²) in [6, 6.07) is 9.11. The third kappa shape index (κ3) is 29.5. The molecule has 0 saturated heterocycles. The molecule has 2 nitrogen and oxygen atoms in total. The van der Waals surface area contributed by atoms with E-state index in [0.29, 0.717) is 0 Å². The van der Waals surface area contributed by atoms with Crippen LogP contribution in [0.3, 0.4) is 0 Å². The average molecular weight is 614 g/mol. The fourth-order valence-electron chi connectivity index (χ4n) is 6.28. The number of unbranched alkanes of at least 4 members (excludes halogenated alkanes) is 30. The highest BCUT2D eigenvalue weighted by Crippen LogP contribution is 2.21. The summed E-state index contributed by atoms with van der Waals surface area (Å²) in [5, 5.41) is 0. The molecule has 0 spiro atoms. The maximum absolute atomic E-state index is 5.99. The lowest BCUT2D eigenvalue weighted by Gasteiger charge is -2.10. The van der Waals surface area contributed by atoms with Crippen LogP contribution in [0.4, 0.5) is 0 Å². The van der Waals surface area contributed by atoms with E-state index in [1.807, 2.05) is 18.2 Å². The van der Waals surface area contributed by atoms with Gasteiger partial charge in [0.25, 0.3) is 0 Å². The zero-order valence-corrected chi connectivity index (χ0v) is 30.1. The molecule has 0 heterocycles. The maximum Gasteiger partial charge on any atom is 0.123 e. The molecule has 0 saturated carbocycles. The van der Waals surface area contributed by atoms with E-state index in [-0.39, 0.29) is 0 Å². The Labute approximate surface area is 277 Å². The van der Waals surface area contributed by atoms with Crippen molar-refractivity contribution in [2.75, 3.05) is 13.2 Å². The van der Waals surface area contributed by atoms with Gasteiger partial charge in [0.1, 0.15) is 11.5 Å². The molecule has 1 rings (SSSR count). The van der Waals surface area contributed by atoms with Gasteiger partial charge in [-0.05, 0) is 31.0 Å². The third-order valence-electron chi connectivity index (χ3n) is 9.27. The van der Waals surface area contributed by atoms with Crippen molar-refractivity contribution in [1.82, 2.24) is 0 Å². The topological polar surface area (TPSA) is 18.5 Å². The molecule has 2 heteroatoms. The summed E-state index contributed by atoms with van der Waals surface area (Å²) >= 11 is 0. The van der Waals surface area contributed by atoms with Gasteiger partial charge >= 0.3 is 0 Å². The predicted molar refractivity (Wildman–Crippen MR) is 195 cm³/mol. The second-order valence-corrected chi connectivity index (χ2v) is 13.7. The van der Waals surface area contributed by atoms with Gasteiger partial charge in [-0.15, -0.1) is 0 Å². The van der Waals surface area contributed by atoms with Gasteiger partial charge in [0.2, 0.25) is 0 Å². The monoisotopic (exact) mass is 614 g/mol. The maximum atomic E-state index is 5.99. The van der Waals surface area contributed by atoms with E-state index in [1.54, 1.807) is 0 Å². The molecule has 0 aliphatic rings. The molecule has 0 aliphatic carbocycles. The lowest BCUT2D eigenvalue weighted by atomic mass is 10.0. The van der Waals surface area contributed by atoms with Crippen molar-refractivity contribution >= 4 is 0 Å². The zero-order chi connectivity index (χ0) is 31.4. The summed E-state index contributed by atoms with van der Waals surface area (Å²) in [7, 11) is 0. The highest BCUT2D eigenvalue weighted by atomic mass is 16.5. The smallest absolute Gasteiger partial charge is 0.123 e.